The lowest BCUT2D eigenvalue weighted by Crippen LogP contribution is -2.37. The maximum Gasteiger partial charge on any atom is 0.268 e. The molecule has 2 heterocycles. The first-order chi connectivity index (χ1) is 14.0. The summed E-state index contributed by atoms with van der Waals surface area (Å²) in [5.74, 6) is 0.651. The highest BCUT2D eigenvalue weighted by molar-refractivity contribution is 6.02. The Morgan fingerprint density at radius 2 is 1.93 bits per heavy atom. The number of nitrogens with one attached hydrogen (secondary N) is 2. The Labute approximate surface area is 172 Å². The number of likely N-dealkylation sites (tertiary alicyclic amines) is 1. The molecule has 0 bridgehead atoms. The minimum Gasteiger partial charge on any atom is -0.496 e. The molecule has 6 nitrogen and oxygen atoms in total. The molecule has 1 amide bonds. The minimum absolute atomic E-state index is 0.0152. The predicted octanol–water partition coefficient (Wildman–Crippen LogP) is 3.66. The monoisotopic (exact) mass is 397 g/mol. The third-order valence-electron chi connectivity index (χ3n) is 5.76. The number of rotatable bonds is 8. The molecule has 0 aliphatic carbocycles. The van der Waals surface area contributed by atoms with Crippen LogP contribution >= 0.6 is 0 Å². The molecule has 6 heteroatoms. The first-order valence-corrected chi connectivity index (χ1v) is 10.3. The van der Waals surface area contributed by atoms with Crippen LogP contribution in [0.5, 0.6) is 5.75 Å². The number of para-hydroxylation sites is 1. The van der Waals surface area contributed by atoms with Crippen LogP contribution < -0.4 is 10.1 Å². The molecule has 1 aromatic carbocycles. The quantitative estimate of drug-likeness (QED) is 0.667. The molecule has 1 unspecified atom stereocenters. The van der Waals surface area contributed by atoms with Gasteiger partial charge in [-0.25, -0.2) is 0 Å². The van der Waals surface area contributed by atoms with Gasteiger partial charge in [0.1, 0.15) is 11.4 Å². The standard InChI is InChI=1S/C23H31N3O3/c1-5-17-21(16(3)27)15(2)25-22(17)23(28)24-14-19(26-12-8-9-13-26)18-10-6-7-11-20(18)29-4/h6-7,10-11,19,25H,5,8-9,12-14H2,1-4H3,(H,24,28). The Balaban J connectivity index is 1.84. The first kappa shape index (κ1) is 21.1. The number of aromatic amines is 1. The number of carbonyl (C=O) groups excluding carboxylic acids is 2. The second-order valence-corrected chi connectivity index (χ2v) is 7.60. The Morgan fingerprint density at radius 3 is 2.55 bits per heavy atom. The topological polar surface area (TPSA) is 74.4 Å². The first-order valence-electron chi connectivity index (χ1n) is 10.3. The third kappa shape index (κ3) is 4.37. The second-order valence-electron chi connectivity index (χ2n) is 7.60. The molecule has 1 aliphatic heterocycles. The molecular formula is C23H31N3O3. The van der Waals surface area contributed by atoms with Crippen LogP contribution in [0.15, 0.2) is 24.3 Å². The van der Waals surface area contributed by atoms with Crippen LogP contribution in [0.4, 0.5) is 0 Å². The van der Waals surface area contributed by atoms with Gasteiger partial charge in [-0.2, -0.15) is 0 Å². The summed E-state index contributed by atoms with van der Waals surface area (Å²) < 4.78 is 5.58. The van der Waals surface area contributed by atoms with Gasteiger partial charge >= 0.3 is 0 Å². The van der Waals surface area contributed by atoms with Crippen molar-refractivity contribution in [2.75, 3.05) is 26.7 Å². The summed E-state index contributed by atoms with van der Waals surface area (Å²) in [4.78, 5) is 30.6. The number of aryl methyl sites for hydroxylation is 1. The maximum atomic E-state index is 13.0. The van der Waals surface area contributed by atoms with Gasteiger partial charge in [0.05, 0.1) is 13.2 Å². The number of ketones is 1. The highest BCUT2D eigenvalue weighted by Crippen LogP contribution is 2.31. The van der Waals surface area contributed by atoms with Crippen molar-refractivity contribution in [3.05, 3.63) is 52.3 Å². The van der Waals surface area contributed by atoms with Gasteiger partial charge in [0.2, 0.25) is 0 Å². The van der Waals surface area contributed by atoms with Gasteiger partial charge in [0.25, 0.3) is 5.91 Å². The predicted molar refractivity (Wildman–Crippen MR) is 114 cm³/mol. The highest BCUT2D eigenvalue weighted by atomic mass is 16.5. The van der Waals surface area contributed by atoms with E-state index in [1.807, 2.05) is 32.0 Å². The molecule has 0 saturated carbocycles. The van der Waals surface area contributed by atoms with Gasteiger partial charge < -0.3 is 15.0 Å². The van der Waals surface area contributed by atoms with Crippen LogP contribution in [0.3, 0.4) is 0 Å². The average Bonchev–Trinajstić information content (AvgIpc) is 3.36. The Bertz CT molecular complexity index is 881. The lowest BCUT2D eigenvalue weighted by atomic mass is 10.0. The Morgan fingerprint density at radius 1 is 1.24 bits per heavy atom. The molecule has 2 N–H and O–H groups in total. The number of amides is 1. The zero-order valence-corrected chi connectivity index (χ0v) is 17.8. The van der Waals surface area contributed by atoms with E-state index in [1.54, 1.807) is 14.0 Å². The lowest BCUT2D eigenvalue weighted by molar-refractivity contribution is 0.0931. The summed E-state index contributed by atoms with van der Waals surface area (Å²) in [6, 6.07) is 8.04. The van der Waals surface area contributed by atoms with Crippen molar-refractivity contribution in [3.63, 3.8) is 0 Å². The number of aromatic nitrogens is 1. The molecule has 29 heavy (non-hydrogen) atoms. The van der Waals surface area contributed by atoms with Gasteiger partial charge in [-0.15, -0.1) is 0 Å². The summed E-state index contributed by atoms with van der Waals surface area (Å²) >= 11 is 0. The van der Waals surface area contributed by atoms with E-state index < -0.39 is 0 Å². The fourth-order valence-corrected chi connectivity index (χ4v) is 4.41. The van der Waals surface area contributed by atoms with Crippen molar-refractivity contribution >= 4 is 11.7 Å². The van der Waals surface area contributed by atoms with Crippen molar-refractivity contribution < 1.29 is 14.3 Å². The van der Waals surface area contributed by atoms with Crippen LogP contribution in [0.2, 0.25) is 0 Å². The van der Waals surface area contributed by atoms with Crippen LogP contribution in [0.1, 0.15) is 70.4 Å². The zero-order chi connectivity index (χ0) is 21.0. The van der Waals surface area contributed by atoms with E-state index in [1.165, 1.54) is 0 Å². The van der Waals surface area contributed by atoms with E-state index in [-0.39, 0.29) is 17.7 Å². The van der Waals surface area contributed by atoms with Crippen LogP contribution in [0.25, 0.3) is 0 Å². The van der Waals surface area contributed by atoms with E-state index in [0.29, 0.717) is 24.2 Å². The van der Waals surface area contributed by atoms with Gasteiger partial charge in [-0.3, -0.25) is 14.5 Å². The van der Waals surface area contributed by atoms with E-state index >= 15 is 0 Å². The largest absolute Gasteiger partial charge is 0.496 e. The second kappa shape index (κ2) is 9.27. The van der Waals surface area contributed by atoms with E-state index in [2.05, 4.69) is 21.3 Å². The van der Waals surface area contributed by atoms with Crippen molar-refractivity contribution in [3.8, 4) is 5.75 Å². The number of hydrogen-bond acceptors (Lipinski definition) is 4. The minimum atomic E-state index is -0.170. The van der Waals surface area contributed by atoms with Gasteiger partial charge in [0.15, 0.2) is 5.78 Å². The van der Waals surface area contributed by atoms with E-state index in [9.17, 15) is 9.59 Å². The third-order valence-corrected chi connectivity index (χ3v) is 5.76. The highest BCUT2D eigenvalue weighted by Gasteiger charge is 2.27. The number of Topliss-reactive ketones (excluding diaryl/α,β-unsaturated/α-hetero) is 1. The van der Waals surface area contributed by atoms with E-state index in [4.69, 9.17) is 4.74 Å². The van der Waals surface area contributed by atoms with Crippen molar-refractivity contribution in [1.29, 1.82) is 0 Å². The number of benzene rings is 1. The smallest absolute Gasteiger partial charge is 0.268 e. The van der Waals surface area contributed by atoms with Gasteiger partial charge in [0, 0.05) is 23.4 Å². The van der Waals surface area contributed by atoms with Crippen molar-refractivity contribution in [2.24, 2.45) is 0 Å². The summed E-state index contributed by atoms with van der Waals surface area (Å²) in [6.45, 7) is 7.85. The average molecular weight is 398 g/mol. The normalized spacial score (nSPS) is 15.3. The number of methoxy groups -OCH3 is 1. The number of nitrogens with zero attached hydrogens (tertiary/aromatic N) is 1. The van der Waals surface area contributed by atoms with Gasteiger partial charge in [-0.05, 0) is 57.8 Å². The molecular weight excluding hydrogens is 366 g/mol. The summed E-state index contributed by atoms with van der Waals surface area (Å²) in [7, 11) is 1.68. The molecule has 1 atom stereocenters. The molecule has 0 radical (unpaired) electrons. The number of carbonyl (C=O) groups is 2. The summed E-state index contributed by atoms with van der Waals surface area (Å²) in [5, 5.41) is 3.10. The SMILES string of the molecule is CCc1c(C(=O)NCC(c2ccccc2OC)N2CCCC2)[nH]c(C)c1C(C)=O. The summed E-state index contributed by atoms with van der Waals surface area (Å²) in [6.07, 6.45) is 2.96. The maximum absolute atomic E-state index is 13.0. The van der Waals surface area contributed by atoms with Crippen LogP contribution in [-0.4, -0.2) is 48.3 Å². The Hall–Kier alpha value is -2.60. The van der Waals surface area contributed by atoms with E-state index in [0.717, 1.165) is 48.5 Å². The van der Waals surface area contributed by atoms with Crippen LogP contribution in [-0.2, 0) is 6.42 Å². The molecule has 156 valence electrons. The Kier molecular flexibility index (Phi) is 6.75. The molecule has 1 aliphatic rings. The molecule has 0 spiro atoms. The molecule has 1 aromatic heterocycles. The molecule has 2 aromatic rings. The number of hydrogen-bond donors (Lipinski definition) is 2. The molecule has 1 fully saturated rings. The van der Waals surface area contributed by atoms with Crippen molar-refractivity contribution in [1.82, 2.24) is 15.2 Å². The van der Waals surface area contributed by atoms with Crippen molar-refractivity contribution in [2.45, 2.75) is 46.1 Å². The molecule has 1 saturated heterocycles. The number of ether oxygens (including phenoxy) is 1. The number of H-pyrrole nitrogens is 1. The molecule has 3 rings (SSSR count). The fraction of sp³-hybridized carbons (Fsp3) is 0.478. The zero-order valence-electron chi connectivity index (χ0n) is 17.8. The summed E-state index contributed by atoms with van der Waals surface area (Å²) in [5.41, 5.74) is 3.76. The lowest BCUT2D eigenvalue weighted by Gasteiger charge is -2.29. The van der Waals surface area contributed by atoms with Crippen LogP contribution in [0, 0.1) is 6.92 Å². The fourth-order valence-electron chi connectivity index (χ4n) is 4.41. The van der Waals surface area contributed by atoms with Gasteiger partial charge in [-0.1, -0.05) is 25.1 Å².